The van der Waals surface area contributed by atoms with Crippen LogP contribution in [0.4, 0.5) is 17.5 Å². The number of piperazine rings is 1. The minimum atomic E-state index is -0.537. The predicted octanol–water partition coefficient (Wildman–Crippen LogP) is 11.7. The van der Waals surface area contributed by atoms with E-state index < -0.39 is 11.2 Å². The van der Waals surface area contributed by atoms with Crippen LogP contribution in [-0.4, -0.2) is 127 Å². The number of nitriles is 3. The number of likely N-dealkylation sites (N-methyl/N-ethyl adjacent to an activating group) is 1. The summed E-state index contributed by atoms with van der Waals surface area (Å²) in [5, 5.41) is 34.9. The Balaban J connectivity index is 0.721. The first-order valence-corrected chi connectivity index (χ1v) is 34.1. The number of fused-ring (bicyclic) bond motifs is 3. The van der Waals surface area contributed by atoms with Crippen molar-refractivity contribution < 1.29 is 18.9 Å². The average molecular weight is 1220 g/mol. The van der Waals surface area contributed by atoms with Gasteiger partial charge in [0.25, 0.3) is 0 Å². The highest BCUT2D eigenvalue weighted by Crippen LogP contribution is 2.44. The molecule has 0 radical (unpaired) electrons. The summed E-state index contributed by atoms with van der Waals surface area (Å²) in [6.07, 6.45) is 8.09. The first-order valence-electron chi connectivity index (χ1n) is 31.2. The number of hydrogen-bond donors (Lipinski definition) is 0. The standard InChI is InChI=1S/C70H80N10O4S3/c1-68(2)39-53-56(42-71)65(76-64(59(53)45-82-68)80-28-30-81-31-29-80)86-33-20-49-15-11-17-51(35-49)37-69(3)40-54-57(43-72)66(74-62(60(54)46-83-69)78-22-9-10-23-78)87-34-21-50-16-12-18-52(36-50)38-70(4)41-55-58(44-73)67(85-32-19-48-13-7-6-8-14-48)75-63(61(55)47-84-70)79-26-24-77(5)25-27-79/h6-8,11-18,35-36H,9-10,19-34,37-41,45-47H2,1-5H3. The molecule has 2 atom stereocenters. The van der Waals surface area contributed by atoms with Crippen molar-refractivity contribution in [2.75, 3.05) is 105 Å². The van der Waals surface area contributed by atoms with Crippen LogP contribution >= 0.6 is 35.3 Å². The van der Waals surface area contributed by atoms with Crippen LogP contribution in [0.2, 0.25) is 0 Å². The normalized spacial score (nSPS) is 20.9. The van der Waals surface area contributed by atoms with E-state index in [2.05, 4.69) is 151 Å². The lowest BCUT2D eigenvalue weighted by molar-refractivity contribution is -0.0539. The van der Waals surface area contributed by atoms with Gasteiger partial charge in [0.15, 0.2) is 0 Å². The number of morpholine rings is 1. The van der Waals surface area contributed by atoms with E-state index in [1.54, 1.807) is 35.3 Å². The van der Waals surface area contributed by atoms with E-state index in [1.165, 1.54) is 27.8 Å². The third kappa shape index (κ3) is 14.0. The maximum absolute atomic E-state index is 11.1. The second-order valence-electron chi connectivity index (χ2n) is 25.5. The summed E-state index contributed by atoms with van der Waals surface area (Å²) in [5.74, 6) is 5.26. The number of benzene rings is 3. The van der Waals surface area contributed by atoms with Gasteiger partial charge in [-0.25, -0.2) is 15.0 Å². The topological polar surface area (TPSA) is 160 Å². The van der Waals surface area contributed by atoms with Crippen LogP contribution in [0.25, 0.3) is 0 Å². The molecule has 3 aromatic heterocycles. The zero-order chi connectivity index (χ0) is 60.1. The minimum Gasteiger partial charge on any atom is -0.378 e. The summed E-state index contributed by atoms with van der Waals surface area (Å²) >= 11 is 5.05. The van der Waals surface area contributed by atoms with Gasteiger partial charge in [0.1, 0.15) is 50.7 Å². The molecular formula is C70H80N10O4S3. The Morgan fingerprint density at radius 1 is 0.460 bits per heavy atom. The number of thioether (sulfide) groups is 3. The molecule has 0 amide bonds. The molecule has 0 N–H and O–H groups in total. The molecule has 6 aromatic rings. The second-order valence-corrected chi connectivity index (χ2v) is 28.7. The second kappa shape index (κ2) is 26.9. The quantitative estimate of drug-likeness (QED) is 0.0704. The van der Waals surface area contributed by atoms with Crippen LogP contribution in [0.15, 0.2) is 93.9 Å². The van der Waals surface area contributed by atoms with Gasteiger partial charge in [-0.15, -0.1) is 35.3 Å². The van der Waals surface area contributed by atoms with Crippen molar-refractivity contribution in [2.24, 2.45) is 0 Å². The van der Waals surface area contributed by atoms with Gasteiger partial charge in [0.05, 0.1) is 66.5 Å². The molecule has 3 fully saturated rings. The van der Waals surface area contributed by atoms with Gasteiger partial charge in [-0.3, -0.25) is 0 Å². The molecule has 17 heteroatoms. The molecule has 0 saturated carbocycles. The van der Waals surface area contributed by atoms with Gasteiger partial charge in [-0.05, 0) is 111 Å². The van der Waals surface area contributed by atoms with Crippen molar-refractivity contribution in [3.63, 3.8) is 0 Å². The van der Waals surface area contributed by atoms with Crippen LogP contribution in [0.1, 0.15) is 118 Å². The summed E-state index contributed by atoms with van der Waals surface area (Å²) < 4.78 is 25.7. The molecule has 6 aliphatic heterocycles. The van der Waals surface area contributed by atoms with Gasteiger partial charge in [-0.2, -0.15) is 15.8 Å². The first kappa shape index (κ1) is 61.1. The molecule has 14 nitrogen and oxygen atoms in total. The Morgan fingerprint density at radius 3 is 1.33 bits per heavy atom. The van der Waals surface area contributed by atoms with E-state index in [1.807, 2.05) is 0 Å². The van der Waals surface area contributed by atoms with Gasteiger partial charge in [0.2, 0.25) is 0 Å². The monoisotopic (exact) mass is 1220 g/mol. The maximum Gasteiger partial charge on any atom is 0.135 e. The Hall–Kier alpha value is -6.17. The SMILES string of the molecule is CN1CCN(c2nc(SCCc3ccccc3)c(C#N)c3c2COC(C)(Cc2cccc(CCSc4nc(N5CCCC5)c5c(c4C#N)CC(C)(Cc4cccc(CCSc6nc(N7CCOCC7)c7c(c6C#N)CC(C)(C)OC7)c4)OC5)c2)C3)CC1. The number of anilines is 3. The van der Waals surface area contributed by atoms with Crippen LogP contribution < -0.4 is 14.7 Å². The number of pyridine rings is 3. The van der Waals surface area contributed by atoms with Crippen molar-refractivity contribution in [3.05, 3.63) is 157 Å². The molecular weight excluding hydrogens is 1140 g/mol. The number of ether oxygens (including phenoxy) is 4. The Morgan fingerprint density at radius 2 is 0.862 bits per heavy atom. The lowest BCUT2D eigenvalue weighted by atomic mass is 9.84. The molecule has 12 rings (SSSR count). The van der Waals surface area contributed by atoms with Crippen molar-refractivity contribution in [3.8, 4) is 18.2 Å². The molecule has 3 saturated heterocycles. The third-order valence-electron chi connectivity index (χ3n) is 18.2. The molecule has 0 bridgehead atoms. The highest BCUT2D eigenvalue weighted by molar-refractivity contribution is 7.99. The van der Waals surface area contributed by atoms with E-state index >= 15 is 0 Å². The highest BCUT2D eigenvalue weighted by Gasteiger charge is 2.40. The van der Waals surface area contributed by atoms with Gasteiger partial charge in [-0.1, -0.05) is 78.9 Å². The Labute approximate surface area is 527 Å². The van der Waals surface area contributed by atoms with Crippen LogP contribution in [0.5, 0.6) is 0 Å². The fourth-order valence-corrected chi connectivity index (χ4v) is 16.5. The highest BCUT2D eigenvalue weighted by atomic mass is 32.2. The van der Waals surface area contributed by atoms with Gasteiger partial charge >= 0.3 is 0 Å². The summed E-state index contributed by atoms with van der Waals surface area (Å²) in [7, 11) is 2.17. The minimum absolute atomic E-state index is 0.359. The molecule has 0 aliphatic carbocycles. The summed E-state index contributed by atoms with van der Waals surface area (Å²) in [6.45, 7) is 18.3. The molecule has 0 spiro atoms. The van der Waals surface area contributed by atoms with E-state index in [9.17, 15) is 15.8 Å². The number of aromatic nitrogens is 3. The van der Waals surface area contributed by atoms with Crippen molar-refractivity contribution in [1.29, 1.82) is 15.8 Å². The van der Waals surface area contributed by atoms with Crippen LogP contribution in [-0.2, 0) is 90.1 Å². The summed E-state index contributed by atoms with van der Waals surface area (Å²) in [6, 6.07) is 36.1. The summed E-state index contributed by atoms with van der Waals surface area (Å²) in [4.78, 5) is 25.3. The Bertz CT molecular complexity index is 3620. The largest absolute Gasteiger partial charge is 0.378 e. The number of aryl methyl sites for hydroxylation is 3. The number of nitrogens with zero attached hydrogens (tertiary/aromatic N) is 10. The lowest BCUT2D eigenvalue weighted by Gasteiger charge is -2.40. The fourth-order valence-electron chi connectivity index (χ4n) is 13.5. The van der Waals surface area contributed by atoms with E-state index in [-0.39, 0.29) is 5.60 Å². The lowest BCUT2D eigenvalue weighted by Crippen LogP contribution is -2.46. The molecule has 452 valence electrons. The van der Waals surface area contributed by atoms with Crippen LogP contribution in [0.3, 0.4) is 0 Å². The Kier molecular flexibility index (Phi) is 18.9. The van der Waals surface area contributed by atoms with Crippen molar-refractivity contribution in [2.45, 2.75) is 144 Å². The van der Waals surface area contributed by atoms with Crippen molar-refractivity contribution in [1.82, 2.24) is 19.9 Å². The third-order valence-corrected chi connectivity index (χ3v) is 21.2. The fraction of sp³-hybridized carbons (Fsp3) is 0.486. The number of hydrogen-bond acceptors (Lipinski definition) is 17. The molecule has 6 aliphatic rings. The average Bonchev–Trinajstić information content (AvgIpc) is 1.26. The molecule has 9 heterocycles. The first-order chi connectivity index (χ1) is 42.3. The zero-order valence-electron chi connectivity index (χ0n) is 51.2. The van der Waals surface area contributed by atoms with Gasteiger partial charge in [0, 0.05) is 118 Å². The maximum atomic E-state index is 11.1. The predicted molar refractivity (Wildman–Crippen MR) is 347 cm³/mol. The van der Waals surface area contributed by atoms with Gasteiger partial charge < -0.3 is 38.5 Å². The molecule has 3 aromatic carbocycles. The van der Waals surface area contributed by atoms with Crippen molar-refractivity contribution >= 4 is 52.7 Å². The van der Waals surface area contributed by atoms with E-state index in [4.69, 9.17) is 33.9 Å². The van der Waals surface area contributed by atoms with Crippen LogP contribution in [0, 0.1) is 34.0 Å². The molecule has 2 unspecified atom stereocenters. The van der Waals surface area contributed by atoms with E-state index in [0.29, 0.717) is 81.8 Å². The smallest absolute Gasteiger partial charge is 0.135 e. The number of rotatable bonds is 19. The van der Waals surface area contributed by atoms with E-state index in [0.717, 1.165) is 168 Å². The summed E-state index contributed by atoms with van der Waals surface area (Å²) in [5.41, 5.74) is 13.2. The zero-order valence-corrected chi connectivity index (χ0v) is 53.7. The molecule has 87 heavy (non-hydrogen) atoms.